The number of aromatic nitrogens is 2. The molecule has 2 heterocycles. The second-order valence-corrected chi connectivity index (χ2v) is 7.22. The first-order chi connectivity index (χ1) is 12.6. The summed E-state index contributed by atoms with van der Waals surface area (Å²) in [6.07, 6.45) is 5.66. The zero-order chi connectivity index (χ0) is 18.1. The number of carboxylic acids is 1. The average Bonchev–Trinajstić information content (AvgIpc) is 2.68. The molecule has 6 heteroatoms. The molecule has 1 aromatic heterocycles. The third kappa shape index (κ3) is 2.89. The Morgan fingerprint density at radius 2 is 2.04 bits per heavy atom. The van der Waals surface area contributed by atoms with Gasteiger partial charge in [0.2, 0.25) is 11.8 Å². The molecule has 0 amide bonds. The maximum absolute atomic E-state index is 11.4. The second-order valence-electron chi connectivity index (χ2n) is 7.22. The summed E-state index contributed by atoms with van der Waals surface area (Å²) in [7, 11) is 1.49. The van der Waals surface area contributed by atoms with Crippen molar-refractivity contribution in [2.75, 3.05) is 25.1 Å². The maximum Gasteiger partial charge on any atom is 0.354 e. The molecule has 1 aromatic carbocycles. The van der Waals surface area contributed by atoms with Gasteiger partial charge in [-0.05, 0) is 43.2 Å². The Hall–Kier alpha value is -2.63. The van der Waals surface area contributed by atoms with Crippen LogP contribution in [0.3, 0.4) is 0 Å². The number of aromatic carboxylic acids is 1. The number of carboxylic acid groups (broad SMARTS) is 1. The number of nitrogens with zero attached hydrogens (tertiary/aromatic N) is 3. The highest BCUT2D eigenvalue weighted by atomic mass is 16.5. The van der Waals surface area contributed by atoms with Crippen molar-refractivity contribution in [2.24, 2.45) is 0 Å². The number of methoxy groups -OCH3 is 1. The van der Waals surface area contributed by atoms with Gasteiger partial charge in [0, 0.05) is 24.6 Å². The molecule has 26 heavy (non-hydrogen) atoms. The quantitative estimate of drug-likeness (QED) is 0.914. The smallest absolute Gasteiger partial charge is 0.354 e. The molecule has 1 fully saturated rings. The third-order valence-corrected chi connectivity index (χ3v) is 5.67. The van der Waals surface area contributed by atoms with Gasteiger partial charge < -0.3 is 14.7 Å². The Kier molecular flexibility index (Phi) is 4.26. The van der Waals surface area contributed by atoms with E-state index in [-0.39, 0.29) is 17.0 Å². The van der Waals surface area contributed by atoms with Crippen molar-refractivity contribution in [1.82, 2.24) is 9.97 Å². The van der Waals surface area contributed by atoms with E-state index in [2.05, 4.69) is 39.1 Å². The van der Waals surface area contributed by atoms with E-state index >= 15 is 0 Å². The van der Waals surface area contributed by atoms with Crippen molar-refractivity contribution < 1.29 is 14.6 Å². The van der Waals surface area contributed by atoms with Gasteiger partial charge in [0.1, 0.15) is 0 Å². The molecule has 4 rings (SSSR count). The van der Waals surface area contributed by atoms with E-state index in [1.807, 2.05) is 0 Å². The van der Waals surface area contributed by atoms with Crippen LogP contribution in [0, 0.1) is 0 Å². The summed E-state index contributed by atoms with van der Waals surface area (Å²) in [5.74, 6) is -0.332. The zero-order valence-electron chi connectivity index (χ0n) is 14.9. The Morgan fingerprint density at radius 3 is 2.85 bits per heavy atom. The lowest BCUT2D eigenvalue weighted by atomic mass is 9.66. The van der Waals surface area contributed by atoms with Gasteiger partial charge >= 0.3 is 5.97 Å². The monoisotopic (exact) mass is 353 g/mol. The first-order valence-corrected chi connectivity index (χ1v) is 9.11. The van der Waals surface area contributed by atoms with Gasteiger partial charge in [-0.25, -0.2) is 9.78 Å². The fourth-order valence-corrected chi connectivity index (χ4v) is 4.50. The fraction of sp³-hybridized carbons (Fsp3) is 0.450. The number of benzene rings is 1. The standard InChI is InChI=1S/C20H23N3O3/c1-26-17-12-16(18(24)25)21-19(22-17)23-11-5-10-20(13-23)9-4-7-14-6-2-3-8-15(14)20/h2-3,6,8,12H,4-5,7,9-11,13H2,1H3,(H,24,25). The molecule has 0 saturated carbocycles. The molecule has 2 aliphatic rings. The van der Waals surface area contributed by atoms with E-state index in [9.17, 15) is 9.90 Å². The molecule has 2 aromatic rings. The van der Waals surface area contributed by atoms with Crippen LogP contribution in [0.1, 0.15) is 47.3 Å². The van der Waals surface area contributed by atoms with Crippen LogP contribution in [0.2, 0.25) is 0 Å². The van der Waals surface area contributed by atoms with E-state index in [0.717, 1.165) is 38.8 Å². The van der Waals surface area contributed by atoms with Gasteiger partial charge in [0.05, 0.1) is 7.11 Å². The van der Waals surface area contributed by atoms with Gasteiger partial charge in [-0.1, -0.05) is 24.3 Å². The van der Waals surface area contributed by atoms with Gasteiger partial charge in [0.15, 0.2) is 5.69 Å². The number of piperidine rings is 1. The normalized spacial score (nSPS) is 22.1. The van der Waals surface area contributed by atoms with Crippen LogP contribution in [-0.2, 0) is 11.8 Å². The summed E-state index contributed by atoms with van der Waals surface area (Å²) < 4.78 is 5.19. The minimum atomic E-state index is -1.07. The Morgan fingerprint density at radius 1 is 1.23 bits per heavy atom. The van der Waals surface area contributed by atoms with Crippen molar-refractivity contribution in [3.05, 3.63) is 47.2 Å². The van der Waals surface area contributed by atoms with Crippen LogP contribution in [0.5, 0.6) is 5.88 Å². The highest BCUT2D eigenvalue weighted by Gasteiger charge is 2.40. The highest BCUT2D eigenvalue weighted by Crippen LogP contribution is 2.44. The minimum absolute atomic E-state index is 0.0319. The third-order valence-electron chi connectivity index (χ3n) is 5.67. The number of anilines is 1. The Labute approximate surface area is 152 Å². The molecule has 136 valence electrons. The molecule has 1 spiro atoms. The van der Waals surface area contributed by atoms with Crippen molar-refractivity contribution in [3.63, 3.8) is 0 Å². The molecule has 1 unspecified atom stereocenters. The molecule has 1 atom stereocenters. The summed E-state index contributed by atoms with van der Waals surface area (Å²) in [6, 6.07) is 10.1. The highest BCUT2D eigenvalue weighted by molar-refractivity contribution is 5.86. The summed E-state index contributed by atoms with van der Waals surface area (Å²) in [5.41, 5.74) is 2.95. The van der Waals surface area contributed by atoms with E-state index in [1.165, 1.54) is 30.7 Å². The van der Waals surface area contributed by atoms with Crippen LogP contribution in [-0.4, -0.2) is 41.2 Å². The summed E-state index contributed by atoms with van der Waals surface area (Å²) in [5, 5.41) is 9.34. The molecule has 1 N–H and O–H groups in total. The van der Waals surface area contributed by atoms with E-state index in [0.29, 0.717) is 5.95 Å². The van der Waals surface area contributed by atoms with Gasteiger partial charge in [-0.3, -0.25) is 0 Å². The number of hydrogen-bond acceptors (Lipinski definition) is 5. The number of aryl methyl sites for hydroxylation is 1. The SMILES string of the molecule is COc1cc(C(=O)O)nc(N2CCCC3(CCCc4ccccc43)C2)n1. The molecule has 1 saturated heterocycles. The largest absolute Gasteiger partial charge is 0.481 e. The lowest BCUT2D eigenvalue weighted by Crippen LogP contribution is -2.48. The second kappa shape index (κ2) is 6.59. The molecule has 1 aliphatic carbocycles. The summed E-state index contributed by atoms with van der Waals surface area (Å²) >= 11 is 0. The molecule has 1 aliphatic heterocycles. The lowest BCUT2D eigenvalue weighted by Gasteiger charge is -2.46. The number of rotatable bonds is 3. The Balaban J connectivity index is 1.70. The first-order valence-electron chi connectivity index (χ1n) is 9.11. The molecule has 0 radical (unpaired) electrons. The fourth-order valence-electron chi connectivity index (χ4n) is 4.50. The van der Waals surface area contributed by atoms with Crippen molar-refractivity contribution >= 4 is 11.9 Å². The zero-order valence-corrected chi connectivity index (χ0v) is 14.9. The predicted molar refractivity (Wildman–Crippen MR) is 98.0 cm³/mol. The number of hydrogen-bond donors (Lipinski definition) is 1. The van der Waals surface area contributed by atoms with Crippen molar-refractivity contribution in [2.45, 2.75) is 37.5 Å². The summed E-state index contributed by atoms with van der Waals surface area (Å²) in [6.45, 7) is 1.65. The molecular formula is C20H23N3O3. The van der Waals surface area contributed by atoms with E-state index in [1.54, 1.807) is 0 Å². The van der Waals surface area contributed by atoms with E-state index < -0.39 is 5.97 Å². The van der Waals surface area contributed by atoms with Crippen LogP contribution >= 0.6 is 0 Å². The average molecular weight is 353 g/mol. The van der Waals surface area contributed by atoms with E-state index in [4.69, 9.17) is 4.74 Å². The molecule has 6 nitrogen and oxygen atoms in total. The van der Waals surface area contributed by atoms with Crippen LogP contribution in [0.4, 0.5) is 5.95 Å². The summed E-state index contributed by atoms with van der Waals surface area (Å²) in [4.78, 5) is 22.2. The number of ether oxygens (including phenoxy) is 1. The maximum atomic E-state index is 11.4. The van der Waals surface area contributed by atoms with Crippen molar-refractivity contribution in [1.29, 1.82) is 0 Å². The van der Waals surface area contributed by atoms with Crippen molar-refractivity contribution in [3.8, 4) is 5.88 Å². The predicted octanol–water partition coefficient (Wildman–Crippen LogP) is 3.06. The minimum Gasteiger partial charge on any atom is -0.481 e. The molecular weight excluding hydrogens is 330 g/mol. The first kappa shape index (κ1) is 16.8. The van der Waals surface area contributed by atoms with Gasteiger partial charge in [0.25, 0.3) is 0 Å². The number of carbonyl (C=O) groups is 1. The Bertz CT molecular complexity index is 839. The van der Waals surface area contributed by atoms with Crippen LogP contribution in [0.15, 0.2) is 30.3 Å². The number of fused-ring (bicyclic) bond motifs is 2. The van der Waals surface area contributed by atoms with Gasteiger partial charge in [-0.2, -0.15) is 4.98 Å². The van der Waals surface area contributed by atoms with Crippen LogP contribution in [0.25, 0.3) is 0 Å². The topological polar surface area (TPSA) is 75.6 Å². The lowest BCUT2D eigenvalue weighted by molar-refractivity contribution is 0.0689. The molecule has 0 bridgehead atoms. The van der Waals surface area contributed by atoms with Crippen LogP contribution < -0.4 is 9.64 Å². The van der Waals surface area contributed by atoms with Gasteiger partial charge in [-0.15, -0.1) is 0 Å².